The van der Waals surface area contributed by atoms with Crippen molar-refractivity contribution in [3.8, 4) is 6.07 Å². The molecular formula is C10H5Br2NS. The summed E-state index contributed by atoms with van der Waals surface area (Å²) < 4.78 is 2.12. The average Bonchev–Trinajstić information content (AvgIpc) is 2.65. The highest BCUT2D eigenvalue weighted by molar-refractivity contribution is 9.10. The van der Waals surface area contributed by atoms with E-state index >= 15 is 0 Å². The maximum atomic E-state index is 9.03. The Balaban J connectivity index is 2.88. The molecule has 1 heterocycles. The lowest BCUT2D eigenvalue weighted by Crippen LogP contribution is -1.87. The van der Waals surface area contributed by atoms with Crippen LogP contribution in [0, 0.1) is 11.3 Å². The van der Waals surface area contributed by atoms with E-state index in [9.17, 15) is 0 Å². The molecule has 2 rings (SSSR count). The largest absolute Gasteiger partial charge is 0.192 e. The first kappa shape index (κ1) is 10.2. The van der Waals surface area contributed by atoms with Gasteiger partial charge in [-0.1, -0.05) is 15.9 Å². The van der Waals surface area contributed by atoms with Crippen LogP contribution in [0.1, 0.15) is 11.1 Å². The first-order valence-corrected chi connectivity index (χ1v) is 6.72. The van der Waals surface area contributed by atoms with Crippen LogP contribution in [0.5, 0.6) is 0 Å². The van der Waals surface area contributed by atoms with E-state index < -0.39 is 0 Å². The number of alkyl halides is 1. The first-order chi connectivity index (χ1) is 6.77. The Morgan fingerprint density at radius 3 is 2.93 bits per heavy atom. The molecule has 0 spiro atoms. The summed E-state index contributed by atoms with van der Waals surface area (Å²) in [7, 11) is 0. The van der Waals surface area contributed by atoms with Gasteiger partial charge in [0, 0.05) is 19.9 Å². The predicted molar refractivity (Wildman–Crippen MR) is 66.9 cm³/mol. The van der Waals surface area contributed by atoms with Gasteiger partial charge in [0.2, 0.25) is 0 Å². The second kappa shape index (κ2) is 4.01. The van der Waals surface area contributed by atoms with E-state index in [-0.39, 0.29) is 0 Å². The molecule has 0 saturated carbocycles. The molecule has 70 valence electrons. The van der Waals surface area contributed by atoms with E-state index in [2.05, 4.69) is 44.0 Å². The summed E-state index contributed by atoms with van der Waals surface area (Å²) in [5, 5.41) is 12.9. The second-order valence-corrected chi connectivity index (χ2v) is 5.10. The number of rotatable bonds is 1. The van der Waals surface area contributed by atoms with Crippen LogP contribution >= 0.6 is 43.2 Å². The summed E-state index contributed by atoms with van der Waals surface area (Å²) in [6.45, 7) is 0. The first-order valence-electron chi connectivity index (χ1n) is 3.92. The molecule has 2 aromatic rings. The van der Waals surface area contributed by atoms with Gasteiger partial charge >= 0.3 is 0 Å². The highest BCUT2D eigenvalue weighted by Crippen LogP contribution is 2.34. The zero-order valence-electron chi connectivity index (χ0n) is 7.05. The number of halogens is 2. The highest BCUT2D eigenvalue weighted by Gasteiger charge is 2.10. The van der Waals surface area contributed by atoms with Crippen LogP contribution in [0.3, 0.4) is 0 Å². The molecule has 1 aromatic carbocycles. The number of benzene rings is 1. The summed E-state index contributed by atoms with van der Waals surface area (Å²) >= 11 is 8.56. The lowest BCUT2D eigenvalue weighted by molar-refractivity contribution is 1.38. The summed E-state index contributed by atoms with van der Waals surface area (Å²) in [5.74, 6) is 0. The smallest absolute Gasteiger partial charge is 0.101 e. The molecule has 4 heteroatoms. The molecule has 0 amide bonds. The van der Waals surface area contributed by atoms with E-state index in [1.807, 2.05) is 11.4 Å². The van der Waals surface area contributed by atoms with Gasteiger partial charge < -0.3 is 0 Å². The summed E-state index contributed by atoms with van der Waals surface area (Å²) in [6.07, 6.45) is 0. The van der Waals surface area contributed by atoms with Crippen molar-refractivity contribution in [2.24, 2.45) is 0 Å². The second-order valence-electron chi connectivity index (χ2n) is 2.80. The molecule has 0 unspecified atom stereocenters. The average molecular weight is 331 g/mol. The van der Waals surface area contributed by atoms with Crippen LogP contribution in [0.2, 0.25) is 0 Å². The van der Waals surface area contributed by atoms with Crippen LogP contribution in [-0.2, 0) is 5.33 Å². The van der Waals surface area contributed by atoms with Crippen molar-refractivity contribution in [1.29, 1.82) is 5.26 Å². The molecule has 14 heavy (non-hydrogen) atoms. The Morgan fingerprint density at radius 1 is 1.50 bits per heavy atom. The minimum atomic E-state index is 0.711. The lowest BCUT2D eigenvalue weighted by atomic mass is 10.1. The standard InChI is InChI=1S/C10H5Br2NS/c11-4-6-3-9-7(1-2-14-9)10(12)8(6)5-13/h1-3H,4H2. The third-order valence-corrected chi connectivity index (χ3v) is 4.32. The number of fused-ring (bicyclic) bond motifs is 1. The number of hydrogen-bond acceptors (Lipinski definition) is 2. The van der Waals surface area contributed by atoms with Crippen molar-refractivity contribution < 1.29 is 0 Å². The zero-order chi connectivity index (χ0) is 10.1. The Labute approximate surface area is 103 Å². The van der Waals surface area contributed by atoms with E-state index in [0.717, 1.165) is 21.0 Å². The molecule has 0 fully saturated rings. The number of nitriles is 1. The van der Waals surface area contributed by atoms with Crippen LogP contribution in [0.15, 0.2) is 22.0 Å². The molecule has 0 saturated heterocycles. The molecule has 0 N–H and O–H groups in total. The molecule has 1 aromatic heterocycles. The van der Waals surface area contributed by atoms with Gasteiger partial charge in [-0.05, 0) is 39.0 Å². The maximum absolute atomic E-state index is 9.03. The van der Waals surface area contributed by atoms with Crippen molar-refractivity contribution in [2.75, 3.05) is 0 Å². The minimum absolute atomic E-state index is 0.711. The minimum Gasteiger partial charge on any atom is -0.192 e. The van der Waals surface area contributed by atoms with Crippen LogP contribution in [0.4, 0.5) is 0 Å². The molecule has 1 nitrogen and oxygen atoms in total. The van der Waals surface area contributed by atoms with Gasteiger partial charge in [0.25, 0.3) is 0 Å². The van der Waals surface area contributed by atoms with Gasteiger partial charge in [0.15, 0.2) is 0 Å². The quantitative estimate of drug-likeness (QED) is 0.709. The number of nitrogens with zero attached hydrogens (tertiary/aromatic N) is 1. The maximum Gasteiger partial charge on any atom is 0.101 e. The fraction of sp³-hybridized carbons (Fsp3) is 0.100. The van der Waals surface area contributed by atoms with Gasteiger partial charge in [-0.25, -0.2) is 0 Å². The normalized spacial score (nSPS) is 10.4. The van der Waals surface area contributed by atoms with Crippen molar-refractivity contribution in [1.82, 2.24) is 0 Å². The van der Waals surface area contributed by atoms with Crippen molar-refractivity contribution in [3.63, 3.8) is 0 Å². The molecule has 0 aliphatic heterocycles. The van der Waals surface area contributed by atoms with Gasteiger partial charge in [0.1, 0.15) is 6.07 Å². The fourth-order valence-corrected chi connectivity index (χ4v) is 3.47. The summed E-state index contributed by atoms with van der Waals surface area (Å²) in [5.41, 5.74) is 1.77. The SMILES string of the molecule is N#Cc1c(CBr)cc2sccc2c1Br. The highest BCUT2D eigenvalue weighted by atomic mass is 79.9. The van der Waals surface area contributed by atoms with E-state index in [0.29, 0.717) is 5.33 Å². The molecule has 0 atom stereocenters. The van der Waals surface area contributed by atoms with Crippen molar-refractivity contribution >= 4 is 53.3 Å². The Hall–Kier alpha value is -0.370. The van der Waals surface area contributed by atoms with E-state index in [1.165, 1.54) is 4.70 Å². The molecule has 0 aliphatic carbocycles. The van der Waals surface area contributed by atoms with Gasteiger partial charge in [-0.2, -0.15) is 5.26 Å². The molecule has 0 radical (unpaired) electrons. The van der Waals surface area contributed by atoms with Gasteiger partial charge in [0.05, 0.1) is 5.56 Å². The third kappa shape index (κ3) is 1.50. The summed E-state index contributed by atoms with van der Waals surface area (Å²) in [6, 6.07) is 6.32. The Morgan fingerprint density at radius 2 is 2.29 bits per heavy atom. The molecule has 0 bridgehead atoms. The van der Waals surface area contributed by atoms with E-state index in [1.54, 1.807) is 11.3 Å². The van der Waals surface area contributed by atoms with Gasteiger partial charge in [-0.15, -0.1) is 11.3 Å². The number of thiophene rings is 1. The van der Waals surface area contributed by atoms with Crippen molar-refractivity contribution in [3.05, 3.63) is 33.1 Å². The summed E-state index contributed by atoms with van der Waals surface area (Å²) in [4.78, 5) is 0. The fourth-order valence-electron chi connectivity index (χ4n) is 1.35. The molecule has 0 aliphatic rings. The Kier molecular flexibility index (Phi) is 2.91. The van der Waals surface area contributed by atoms with Crippen LogP contribution in [-0.4, -0.2) is 0 Å². The van der Waals surface area contributed by atoms with Crippen LogP contribution < -0.4 is 0 Å². The third-order valence-electron chi connectivity index (χ3n) is 2.03. The van der Waals surface area contributed by atoms with Gasteiger partial charge in [-0.3, -0.25) is 0 Å². The number of hydrogen-bond donors (Lipinski definition) is 0. The monoisotopic (exact) mass is 329 g/mol. The van der Waals surface area contributed by atoms with Crippen LogP contribution in [0.25, 0.3) is 10.1 Å². The predicted octanol–water partition coefficient (Wildman–Crippen LogP) is 4.43. The molecular weight excluding hydrogens is 326 g/mol. The Bertz CT molecular complexity index is 525. The lowest BCUT2D eigenvalue weighted by Gasteiger charge is -2.03. The zero-order valence-corrected chi connectivity index (χ0v) is 11.0. The van der Waals surface area contributed by atoms with E-state index in [4.69, 9.17) is 5.26 Å². The van der Waals surface area contributed by atoms with Crippen molar-refractivity contribution in [2.45, 2.75) is 5.33 Å². The topological polar surface area (TPSA) is 23.8 Å².